The van der Waals surface area contributed by atoms with Gasteiger partial charge in [-0.2, -0.15) is 5.10 Å². The van der Waals surface area contributed by atoms with Gasteiger partial charge in [-0.15, -0.1) is 0 Å². The largest absolute Gasteiger partial charge is 0.334 e. The molecule has 1 aliphatic rings. The highest BCUT2D eigenvalue weighted by Crippen LogP contribution is 2.23. The Morgan fingerprint density at radius 3 is 3.12 bits per heavy atom. The van der Waals surface area contributed by atoms with Gasteiger partial charge in [0.25, 0.3) is 5.91 Å². The third-order valence-corrected chi connectivity index (χ3v) is 3.80. The number of carbonyl (C=O) groups is 1. The van der Waals surface area contributed by atoms with E-state index >= 15 is 0 Å². The van der Waals surface area contributed by atoms with Crippen LogP contribution in [0.25, 0.3) is 0 Å². The molecule has 0 aliphatic carbocycles. The molecular weight excluding hydrogens is 282 g/mol. The molecule has 2 rings (SSSR count). The number of likely N-dealkylation sites (tertiary alicyclic amines) is 1. The van der Waals surface area contributed by atoms with E-state index in [1.54, 1.807) is 10.7 Å². The summed E-state index contributed by atoms with van der Waals surface area (Å²) in [4.78, 5) is 14.3. The summed E-state index contributed by atoms with van der Waals surface area (Å²) in [6.45, 7) is 0.877. The summed E-state index contributed by atoms with van der Waals surface area (Å²) in [5.41, 5.74) is 0.568. The predicted octanol–water partition coefficient (Wildman–Crippen LogP) is 2.20. The Morgan fingerprint density at radius 2 is 2.47 bits per heavy atom. The molecule has 1 aromatic rings. The van der Waals surface area contributed by atoms with Crippen LogP contribution in [0.3, 0.4) is 0 Å². The summed E-state index contributed by atoms with van der Waals surface area (Å²) in [6, 6.07) is 2.20. The summed E-state index contributed by atoms with van der Waals surface area (Å²) < 4.78 is 1.68. The average molecular weight is 300 g/mol. The third-order valence-electron chi connectivity index (χ3n) is 3.24. The fourth-order valence-corrected chi connectivity index (χ4v) is 2.72. The normalized spacial score (nSPS) is 19.9. The van der Waals surface area contributed by atoms with Crippen molar-refractivity contribution in [2.75, 3.05) is 11.9 Å². The maximum absolute atomic E-state index is 12.3. The first-order valence-electron chi connectivity index (χ1n) is 6.09. The molecule has 0 radical (unpaired) electrons. The van der Waals surface area contributed by atoms with Gasteiger partial charge in [-0.3, -0.25) is 9.48 Å². The highest BCUT2D eigenvalue weighted by Gasteiger charge is 2.29. The van der Waals surface area contributed by atoms with Crippen molar-refractivity contribution in [3.63, 3.8) is 0 Å². The predicted molar refractivity (Wildman–Crippen MR) is 70.3 cm³/mol. The van der Waals surface area contributed by atoms with E-state index in [0.717, 1.165) is 37.6 Å². The summed E-state index contributed by atoms with van der Waals surface area (Å²) in [6.07, 6.45) is 6.27. The molecule has 1 atom stereocenters. The molecule has 0 spiro atoms. The summed E-state index contributed by atoms with van der Waals surface area (Å²) in [5, 5.41) is 5.20. The zero-order chi connectivity index (χ0) is 12.3. The lowest BCUT2D eigenvalue weighted by molar-refractivity contribution is 0.0723. The van der Waals surface area contributed by atoms with Gasteiger partial charge in [-0.1, -0.05) is 15.9 Å². The molecule has 1 unspecified atom stereocenters. The van der Waals surface area contributed by atoms with E-state index in [0.29, 0.717) is 11.7 Å². The molecule has 94 valence electrons. The van der Waals surface area contributed by atoms with Gasteiger partial charge in [0.2, 0.25) is 0 Å². The number of alkyl halides is 1. The SMILES string of the molecule is Cn1ccc(C(=O)N2CCCC2CCCBr)n1. The molecule has 1 saturated heterocycles. The number of carbonyl (C=O) groups excluding carboxylic acids is 1. The topological polar surface area (TPSA) is 38.1 Å². The molecule has 17 heavy (non-hydrogen) atoms. The van der Waals surface area contributed by atoms with Crippen LogP contribution in [0.4, 0.5) is 0 Å². The fourth-order valence-electron chi connectivity index (χ4n) is 2.39. The zero-order valence-electron chi connectivity index (χ0n) is 10.1. The zero-order valence-corrected chi connectivity index (χ0v) is 11.7. The first-order valence-corrected chi connectivity index (χ1v) is 7.21. The number of nitrogens with zero attached hydrogens (tertiary/aromatic N) is 3. The van der Waals surface area contributed by atoms with Crippen molar-refractivity contribution in [2.45, 2.75) is 31.7 Å². The second kappa shape index (κ2) is 5.67. The van der Waals surface area contributed by atoms with E-state index in [9.17, 15) is 4.79 Å². The van der Waals surface area contributed by atoms with E-state index in [1.807, 2.05) is 18.1 Å². The van der Waals surface area contributed by atoms with Crippen molar-refractivity contribution in [3.05, 3.63) is 18.0 Å². The molecule has 1 aromatic heterocycles. The summed E-state index contributed by atoms with van der Waals surface area (Å²) in [7, 11) is 1.84. The Labute approximate surface area is 110 Å². The van der Waals surface area contributed by atoms with Crippen LogP contribution >= 0.6 is 15.9 Å². The Balaban J connectivity index is 2.03. The number of rotatable bonds is 4. The lowest BCUT2D eigenvalue weighted by Gasteiger charge is -2.23. The number of amides is 1. The lowest BCUT2D eigenvalue weighted by atomic mass is 10.1. The molecule has 0 N–H and O–H groups in total. The number of aryl methyl sites for hydroxylation is 1. The standard InChI is InChI=1S/C12H18BrN3O/c1-15-9-6-11(14-15)12(17)16-8-3-5-10(16)4-2-7-13/h6,9-10H,2-5,7-8H2,1H3. The summed E-state index contributed by atoms with van der Waals surface area (Å²) >= 11 is 3.44. The van der Waals surface area contributed by atoms with Crippen LogP contribution in [0, 0.1) is 0 Å². The van der Waals surface area contributed by atoms with Crippen LogP contribution in [0.1, 0.15) is 36.2 Å². The molecule has 1 fully saturated rings. The molecule has 0 aromatic carbocycles. The van der Waals surface area contributed by atoms with E-state index in [-0.39, 0.29) is 5.91 Å². The molecular formula is C12H18BrN3O. The smallest absolute Gasteiger partial charge is 0.274 e. The van der Waals surface area contributed by atoms with E-state index in [4.69, 9.17) is 0 Å². The molecule has 5 heteroatoms. The average Bonchev–Trinajstić information content (AvgIpc) is 2.94. The molecule has 1 aliphatic heterocycles. The Morgan fingerprint density at radius 1 is 1.65 bits per heavy atom. The van der Waals surface area contributed by atoms with Gasteiger partial charge in [0.15, 0.2) is 0 Å². The van der Waals surface area contributed by atoms with Gasteiger partial charge in [0.1, 0.15) is 5.69 Å². The highest BCUT2D eigenvalue weighted by atomic mass is 79.9. The van der Waals surface area contributed by atoms with Gasteiger partial charge in [0, 0.05) is 31.2 Å². The Kier molecular flexibility index (Phi) is 4.20. The first kappa shape index (κ1) is 12.6. The van der Waals surface area contributed by atoms with E-state index in [2.05, 4.69) is 21.0 Å². The number of hydrogen-bond acceptors (Lipinski definition) is 2. The lowest BCUT2D eigenvalue weighted by Crippen LogP contribution is -2.35. The van der Waals surface area contributed by atoms with Crippen LogP contribution in [0.5, 0.6) is 0 Å². The minimum Gasteiger partial charge on any atom is -0.334 e. The van der Waals surface area contributed by atoms with E-state index in [1.165, 1.54) is 0 Å². The first-order chi connectivity index (χ1) is 8.22. The summed E-state index contributed by atoms with van der Waals surface area (Å²) in [5.74, 6) is 0.0858. The number of halogens is 1. The van der Waals surface area contributed by atoms with Crippen molar-refractivity contribution < 1.29 is 4.79 Å². The molecule has 0 saturated carbocycles. The molecule has 4 nitrogen and oxygen atoms in total. The van der Waals surface area contributed by atoms with Crippen molar-refractivity contribution >= 4 is 21.8 Å². The maximum atomic E-state index is 12.3. The van der Waals surface area contributed by atoms with Gasteiger partial charge in [0.05, 0.1) is 0 Å². The Hall–Kier alpha value is -0.840. The van der Waals surface area contributed by atoms with Crippen LogP contribution in [0.15, 0.2) is 12.3 Å². The van der Waals surface area contributed by atoms with Crippen molar-refractivity contribution in [3.8, 4) is 0 Å². The minimum atomic E-state index is 0.0858. The molecule has 1 amide bonds. The molecule has 0 bridgehead atoms. The van der Waals surface area contributed by atoms with Gasteiger partial charge >= 0.3 is 0 Å². The monoisotopic (exact) mass is 299 g/mol. The van der Waals surface area contributed by atoms with Crippen molar-refractivity contribution in [2.24, 2.45) is 7.05 Å². The molecule has 2 heterocycles. The Bertz CT molecular complexity index is 391. The van der Waals surface area contributed by atoms with Gasteiger partial charge in [-0.25, -0.2) is 0 Å². The second-order valence-electron chi connectivity index (χ2n) is 4.50. The fraction of sp³-hybridized carbons (Fsp3) is 0.667. The maximum Gasteiger partial charge on any atom is 0.274 e. The number of aromatic nitrogens is 2. The highest BCUT2D eigenvalue weighted by molar-refractivity contribution is 9.09. The van der Waals surface area contributed by atoms with Crippen LogP contribution in [0.2, 0.25) is 0 Å². The second-order valence-corrected chi connectivity index (χ2v) is 5.29. The third kappa shape index (κ3) is 2.89. The van der Waals surface area contributed by atoms with Crippen molar-refractivity contribution in [1.29, 1.82) is 0 Å². The van der Waals surface area contributed by atoms with Crippen molar-refractivity contribution in [1.82, 2.24) is 14.7 Å². The minimum absolute atomic E-state index is 0.0858. The van der Waals surface area contributed by atoms with E-state index < -0.39 is 0 Å². The number of hydrogen-bond donors (Lipinski definition) is 0. The van der Waals surface area contributed by atoms with Gasteiger partial charge < -0.3 is 4.90 Å². The van der Waals surface area contributed by atoms with Crippen LogP contribution in [-0.4, -0.2) is 38.5 Å². The van der Waals surface area contributed by atoms with Crippen LogP contribution in [-0.2, 0) is 7.05 Å². The van der Waals surface area contributed by atoms with Gasteiger partial charge in [-0.05, 0) is 31.7 Å². The van der Waals surface area contributed by atoms with Crippen LogP contribution < -0.4 is 0 Å². The quantitative estimate of drug-likeness (QED) is 0.800.